The average Bonchev–Trinajstić information content (AvgIpc) is 2.16. The fourth-order valence-electron chi connectivity index (χ4n) is 1.79. The molecule has 1 amide bonds. The van der Waals surface area contributed by atoms with Crippen LogP contribution in [0.2, 0.25) is 0 Å². The van der Waals surface area contributed by atoms with Gasteiger partial charge in [0.2, 0.25) is 5.91 Å². The molecule has 1 aliphatic rings. The van der Waals surface area contributed by atoms with Gasteiger partial charge in [-0.25, -0.2) is 0 Å². The molecular weight excluding hydrogens is 152 g/mol. The molecule has 3 nitrogen and oxygen atoms in total. The lowest BCUT2D eigenvalue weighted by atomic mass is 10.00. The molecular formula is C9H18N2O. The summed E-state index contributed by atoms with van der Waals surface area (Å²) in [5, 5.41) is 3.31. The smallest absolute Gasteiger partial charge is 0.242 e. The van der Waals surface area contributed by atoms with Crippen molar-refractivity contribution in [1.82, 2.24) is 10.2 Å². The SMILES string of the molecule is CC(C)NC1(C)CCN(C)C1=O. The summed E-state index contributed by atoms with van der Waals surface area (Å²) in [6.07, 6.45) is 0.917. The van der Waals surface area contributed by atoms with Crippen LogP contribution in [0.15, 0.2) is 0 Å². The summed E-state index contributed by atoms with van der Waals surface area (Å²) in [5.41, 5.74) is -0.317. The first kappa shape index (κ1) is 9.52. The van der Waals surface area contributed by atoms with Gasteiger partial charge in [-0.15, -0.1) is 0 Å². The number of nitrogens with one attached hydrogen (secondary N) is 1. The van der Waals surface area contributed by atoms with E-state index in [2.05, 4.69) is 19.2 Å². The van der Waals surface area contributed by atoms with E-state index in [1.54, 1.807) is 4.90 Å². The van der Waals surface area contributed by atoms with Crippen LogP contribution in [-0.4, -0.2) is 36.0 Å². The molecule has 0 aromatic heterocycles. The van der Waals surface area contributed by atoms with Crippen LogP contribution in [0.25, 0.3) is 0 Å². The monoisotopic (exact) mass is 170 g/mol. The van der Waals surface area contributed by atoms with E-state index in [0.717, 1.165) is 13.0 Å². The van der Waals surface area contributed by atoms with E-state index in [4.69, 9.17) is 0 Å². The number of hydrogen-bond donors (Lipinski definition) is 1. The lowest BCUT2D eigenvalue weighted by Crippen LogP contribution is -2.51. The van der Waals surface area contributed by atoms with Gasteiger partial charge in [-0.1, -0.05) is 0 Å². The number of hydrogen-bond acceptors (Lipinski definition) is 2. The molecule has 70 valence electrons. The number of carbonyl (C=O) groups excluding carboxylic acids is 1. The zero-order chi connectivity index (χ0) is 9.35. The van der Waals surface area contributed by atoms with Crippen LogP contribution in [-0.2, 0) is 4.79 Å². The highest BCUT2D eigenvalue weighted by Gasteiger charge is 2.40. The van der Waals surface area contributed by atoms with Gasteiger partial charge >= 0.3 is 0 Å². The minimum atomic E-state index is -0.317. The molecule has 12 heavy (non-hydrogen) atoms. The second kappa shape index (κ2) is 3.05. The Morgan fingerprint density at radius 2 is 2.17 bits per heavy atom. The van der Waals surface area contributed by atoms with Crippen LogP contribution in [0.3, 0.4) is 0 Å². The van der Waals surface area contributed by atoms with Crippen molar-refractivity contribution < 1.29 is 4.79 Å². The highest BCUT2D eigenvalue weighted by Crippen LogP contribution is 2.21. The molecule has 0 saturated carbocycles. The van der Waals surface area contributed by atoms with Gasteiger partial charge in [0.05, 0.1) is 5.54 Å². The van der Waals surface area contributed by atoms with E-state index in [1.165, 1.54) is 0 Å². The van der Waals surface area contributed by atoms with Crippen LogP contribution in [0.5, 0.6) is 0 Å². The largest absolute Gasteiger partial charge is 0.344 e. The third-order valence-corrected chi connectivity index (χ3v) is 2.37. The molecule has 0 spiro atoms. The molecule has 0 aliphatic carbocycles. The van der Waals surface area contributed by atoms with Crippen LogP contribution >= 0.6 is 0 Å². The van der Waals surface area contributed by atoms with Crippen molar-refractivity contribution in [2.24, 2.45) is 0 Å². The average molecular weight is 170 g/mol. The molecule has 1 atom stereocenters. The van der Waals surface area contributed by atoms with Gasteiger partial charge in [-0.05, 0) is 27.2 Å². The second-order valence-electron chi connectivity index (χ2n) is 4.11. The highest BCUT2D eigenvalue weighted by atomic mass is 16.2. The topological polar surface area (TPSA) is 32.3 Å². The molecule has 1 heterocycles. The summed E-state index contributed by atoms with van der Waals surface area (Å²) < 4.78 is 0. The number of carbonyl (C=O) groups is 1. The normalized spacial score (nSPS) is 30.4. The van der Waals surface area contributed by atoms with Crippen LogP contribution in [0.1, 0.15) is 27.2 Å². The van der Waals surface area contributed by atoms with Crippen LogP contribution in [0.4, 0.5) is 0 Å². The van der Waals surface area contributed by atoms with Crippen LogP contribution < -0.4 is 5.32 Å². The Balaban J connectivity index is 2.66. The Morgan fingerprint density at radius 3 is 2.50 bits per heavy atom. The maximum absolute atomic E-state index is 11.6. The highest BCUT2D eigenvalue weighted by molar-refractivity contribution is 5.87. The van der Waals surface area contributed by atoms with Crippen LogP contribution in [0, 0.1) is 0 Å². The van der Waals surface area contributed by atoms with E-state index >= 15 is 0 Å². The third kappa shape index (κ3) is 1.61. The summed E-state index contributed by atoms with van der Waals surface area (Å²) in [5.74, 6) is 0.219. The van der Waals surface area contributed by atoms with Gasteiger partial charge in [-0.3, -0.25) is 4.79 Å². The number of likely N-dealkylation sites (tertiary alicyclic amines) is 1. The minimum Gasteiger partial charge on any atom is -0.344 e. The molecule has 1 N–H and O–H groups in total. The number of likely N-dealkylation sites (N-methyl/N-ethyl adjacent to an activating group) is 1. The second-order valence-corrected chi connectivity index (χ2v) is 4.11. The van der Waals surface area contributed by atoms with Crippen molar-refractivity contribution in [2.45, 2.75) is 38.8 Å². The molecule has 0 aromatic carbocycles. The Labute approximate surface area is 74.1 Å². The van der Waals surface area contributed by atoms with Gasteiger partial charge in [0, 0.05) is 19.6 Å². The first-order valence-electron chi connectivity index (χ1n) is 4.49. The molecule has 1 rings (SSSR count). The van der Waals surface area contributed by atoms with E-state index in [1.807, 2.05) is 14.0 Å². The van der Waals surface area contributed by atoms with E-state index in [0.29, 0.717) is 6.04 Å². The van der Waals surface area contributed by atoms with Crippen molar-refractivity contribution in [1.29, 1.82) is 0 Å². The predicted octanol–water partition coefficient (Wildman–Crippen LogP) is 0.605. The zero-order valence-corrected chi connectivity index (χ0v) is 8.35. The summed E-state index contributed by atoms with van der Waals surface area (Å²) in [6, 6.07) is 0.366. The third-order valence-electron chi connectivity index (χ3n) is 2.37. The van der Waals surface area contributed by atoms with Gasteiger partial charge in [-0.2, -0.15) is 0 Å². The lowest BCUT2D eigenvalue weighted by molar-refractivity contribution is -0.131. The number of amides is 1. The Kier molecular flexibility index (Phi) is 2.42. The molecule has 1 aliphatic heterocycles. The maximum atomic E-state index is 11.6. The Morgan fingerprint density at radius 1 is 1.58 bits per heavy atom. The summed E-state index contributed by atoms with van der Waals surface area (Å²) in [4.78, 5) is 13.4. The minimum absolute atomic E-state index is 0.219. The van der Waals surface area contributed by atoms with Crippen molar-refractivity contribution >= 4 is 5.91 Å². The summed E-state index contributed by atoms with van der Waals surface area (Å²) in [6.45, 7) is 6.99. The molecule has 1 fully saturated rings. The van der Waals surface area contributed by atoms with E-state index < -0.39 is 0 Å². The number of rotatable bonds is 2. The lowest BCUT2D eigenvalue weighted by Gasteiger charge is -2.26. The van der Waals surface area contributed by atoms with Crippen molar-refractivity contribution in [3.63, 3.8) is 0 Å². The fourth-order valence-corrected chi connectivity index (χ4v) is 1.79. The predicted molar refractivity (Wildman–Crippen MR) is 48.9 cm³/mol. The van der Waals surface area contributed by atoms with Crippen molar-refractivity contribution in [3.8, 4) is 0 Å². The van der Waals surface area contributed by atoms with Crippen molar-refractivity contribution in [3.05, 3.63) is 0 Å². The van der Waals surface area contributed by atoms with Gasteiger partial charge in [0.15, 0.2) is 0 Å². The fraction of sp³-hybridized carbons (Fsp3) is 0.889. The number of nitrogens with zero attached hydrogens (tertiary/aromatic N) is 1. The molecule has 1 unspecified atom stereocenters. The molecule has 0 bridgehead atoms. The Bertz CT molecular complexity index is 191. The molecule has 1 saturated heterocycles. The van der Waals surface area contributed by atoms with Gasteiger partial charge in [0.25, 0.3) is 0 Å². The van der Waals surface area contributed by atoms with E-state index in [9.17, 15) is 4.79 Å². The summed E-state index contributed by atoms with van der Waals surface area (Å²) >= 11 is 0. The first-order chi connectivity index (χ1) is 5.46. The van der Waals surface area contributed by atoms with Gasteiger partial charge < -0.3 is 10.2 Å². The quantitative estimate of drug-likeness (QED) is 0.658. The Hall–Kier alpha value is -0.570. The molecule has 3 heteroatoms. The standard InChI is InChI=1S/C9H18N2O/c1-7(2)10-9(3)5-6-11(4)8(9)12/h7,10H,5-6H2,1-4H3. The first-order valence-corrected chi connectivity index (χ1v) is 4.49. The zero-order valence-electron chi connectivity index (χ0n) is 8.35. The van der Waals surface area contributed by atoms with Crippen molar-refractivity contribution in [2.75, 3.05) is 13.6 Å². The molecule has 0 aromatic rings. The maximum Gasteiger partial charge on any atom is 0.242 e. The summed E-state index contributed by atoms with van der Waals surface area (Å²) in [7, 11) is 1.86. The molecule has 0 radical (unpaired) electrons. The van der Waals surface area contributed by atoms with E-state index in [-0.39, 0.29) is 11.4 Å². The van der Waals surface area contributed by atoms with Gasteiger partial charge in [0.1, 0.15) is 0 Å².